The van der Waals surface area contributed by atoms with Gasteiger partial charge < -0.3 is 10.2 Å². The highest BCUT2D eigenvalue weighted by Crippen LogP contribution is 2.31. The first-order valence-electron chi connectivity index (χ1n) is 8.33. The molecule has 0 bridgehead atoms. The number of hydrogen-bond donors (Lipinski definition) is 2. The van der Waals surface area contributed by atoms with Crippen LogP contribution >= 0.6 is 0 Å². The van der Waals surface area contributed by atoms with Crippen LogP contribution in [0.25, 0.3) is 0 Å². The number of carbonyl (C=O) groups is 1. The first-order chi connectivity index (χ1) is 10.9. The van der Waals surface area contributed by atoms with E-state index in [4.69, 9.17) is 4.78 Å². The van der Waals surface area contributed by atoms with Crippen LogP contribution in [0.1, 0.15) is 31.2 Å². The molecule has 1 atom stereocenters. The summed E-state index contributed by atoms with van der Waals surface area (Å²) in [5, 5.41) is 3.35. The minimum atomic E-state index is -2.75. The molecule has 0 aliphatic carbocycles. The molecule has 2 aliphatic rings. The summed E-state index contributed by atoms with van der Waals surface area (Å²) in [4.78, 5) is 14.9. The minimum Gasteiger partial charge on any atom is -0.317 e. The maximum absolute atomic E-state index is 12.6. The lowest BCUT2D eigenvalue weighted by Crippen LogP contribution is -2.31. The number of benzene rings is 1. The van der Waals surface area contributed by atoms with Crippen LogP contribution in [0, 0.1) is 10.7 Å². The topological polar surface area (TPSA) is 73.3 Å². The molecule has 1 saturated heterocycles. The van der Waals surface area contributed by atoms with E-state index in [0.717, 1.165) is 50.0 Å². The van der Waals surface area contributed by atoms with Crippen molar-refractivity contribution in [1.29, 1.82) is 4.78 Å². The van der Waals surface area contributed by atoms with Gasteiger partial charge in [-0.2, -0.15) is 0 Å². The fourth-order valence-electron chi connectivity index (χ4n) is 3.49. The summed E-state index contributed by atoms with van der Waals surface area (Å²) in [6, 6.07) is 5.46. The highest BCUT2D eigenvalue weighted by atomic mass is 32.2. The largest absolute Gasteiger partial charge is 0.317 e. The molecule has 1 aromatic rings. The summed E-state index contributed by atoms with van der Waals surface area (Å²) in [5.41, 5.74) is 1.98. The van der Waals surface area contributed by atoms with Crippen LogP contribution in [0.15, 0.2) is 23.1 Å². The van der Waals surface area contributed by atoms with Crippen molar-refractivity contribution in [2.75, 3.05) is 30.8 Å². The Morgan fingerprint density at radius 1 is 1.39 bits per heavy atom. The van der Waals surface area contributed by atoms with Crippen LogP contribution in [0.5, 0.6) is 0 Å². The summed E-state index contributed by atoms with van der Waals surface area (Å²) in [7, 11) is -2.75. The zero-order valence-corrected chi connectivity index (χ0v) is 14.5. The van der Waals surface area contributed by atoms with Crippen LogP contribution in [-0.2, 0) is 20.9 Å². The standard InChI is InChI=1S/C17H25N3O2S/c1-23(18,22)15-4-3-14-8-11-20(16(14)12-15)17(21)5-2-13-6-9-19-10-7-13/h3-4,12-13,18-19H,2,5-11H2,1H3. The summed E-state index contributed by atoms with van der Waals surface area (Å²) in [6.07, 6.45) is 6.12. The first-order valence-corrected chi connectivity index (χ1v) is 10.3. The van der Waals surface area contributed by atoms with Gasteiger partial charge in [0.1, 0.15) is 0 Å². The van der Waals surface area contributed by atoms with Crippen molar-refractivity contribution < 1.29 is 9.00 Å². The molecule has 0 saturated carbocycles. The summed E-state index contributed by atoms with van der Waals surface area (Å²) in [5.74, 6) is 0.809. The Hall–Kier alpha value is -1.40. The Morgan fingerprint density at radius 2 is 2.13 bits per heavy atom. The SMILES string of the molecule is CS(=N)(=O)c1ccc2c(c1)N(C(=O)CCC1CCNCC1)CC2. The Balaban J connectivity index is 1.69. The van der Waals surface area contributed by atoms with E-state index in [2.05, 4.69) is 5.32 Å². The fraction of sp³-hybridized carbons (Fsp3) is 0.588. The molecule has 6 heteroatoms. The number of nitrogens with zero attached hydrogens (tertiary/aromatic N) is 1. The highest BCUT2D eigenvalue weighted by molar-refractivity contribution is 7.91. The molecular formula is C17H25N3O2S. The average Bonchev–Trinajstić information content (AvgIpc) is 2.96. The normalized spacial score (nSPS) is 21.0. The van der Waals surface area contributed by atoms with Crippen LogP contribution in [0.2, 0.25) is 0 Å². The third kappa shape index (κ3) is 3.75. The van der Waals surface area contributed by atoms with E-state index in [9.17, 15) is 9.00 Å². The maximum atomic E-state index is 12.6. The van der Waals surface area contributed by atoms with Gasteiger partial charge in [-0.05, 0) is 62.4 Å². The predicted molar refractivity (Wildman–Crippen MR) is 92.4 cm³/mol. The second-order valence-electron chi connectivity index (χ2n) is 6.66. The zero-order valence-electron chi connectivity index (χ0n) is 13.6. The van der Waals surface area contributed by atoms with E-state index in [1.54, 1.807) is 12.1 Å². The molecule has 2 heterocycles. The Labute approximate surface area is 138 Å². The second-order valence-corrected chi connectivity index (χ2v) is 8.82. The van der Waals surface area contributed by atoms with Crippen molar-refractivity contribution in [1.82, 2.24) is 5.32 Å². The molecule has 0 aromatic heterocycles. The van der Waals surface area contributed by atoms with Gasteiger partial charge in [0, 0.05) is 29.8 Å². The van der Waals surface area contributed by atoms with Crippen LogP contribution in [-0.4, -0.2) is 36.0 Å². The lowest BCUT2D eigenvalue weighted by Gasteiger charge is -2.24. The van der Waals surface area contributed by atoms with Gasteiger partial charge in [-0.1, -0.05) is 6.07 Å². The third-order valence-electron chi connectivity index (χ3n) is 4.93. The summed E-state index contributed by atoms with van der Waals surface area (Å²) in [6.45, 7) is 2.82. The number of nitrogens with one attached hydrogen (secondary N) is 2. The van der Waals surface area contributed by atoms with Crippen molar-refractivity contribution in [2.45, 2.75) is 37.0 Å². The van der Waals surface area contributed by atoms with E-state index in [1.807, 2.05) is 11.0 Å². The quantitative estimate of drug-likeness (QED) is 0.887. The van der Waals surface area contributed by atoms with Gasteiger partial charge >= 0.3 is 0 Å². The molecule has 0 radical (unpaired) electrons. The van der Waals surface area contributed by atoms with Gasteiger partial charge in [0.15, 0.2) is 0 Å². The lowest BCUT2D eigenvalue weighted by atomic mass is 9.93. The van der Waals surface area contributed by atoms with E-state index in [1.165, 1.54) is 6.26 Å². The monoisotopic (exact) mass is 335 g/mol. The molecule has 3 rings (SSSR count). The highest BCUT2D eigenvalue weighted by Gasteiger charge is 2.26. The number of rotatable bonds is 4. The molecule has 0 spiro atoms. The minimum absolute atomic E-state index is 0.159. The molecule has 1 amide bonds. The van der Waals surface area contributed by atoms with Gasteiger partial charge in [-0.25, -0.2) is 8.99 Å². The van der Waals surface area contributed by atoms with Gasteiger partial charge in [0.05, 0.1) is 9.73 Å². The lowest BCUT2D eigenvalue weighted by molar-refractivity contribution is -0.118. The number of anilines is 1. The molecule has 1 fully saturated rings. The summed E-state index contributed by atoms with van der Waals surface area (Å²) < 4.78 is 19.7. The molecule has 1 aromatic carbocycles. The maximum Gasteiger partial charge on any atom is 0.227 e. The predicted octanol–water partition coefficient (Wildman–Crippen LogP) is 2.39. The smallest absolute Gasteiger partial charge is 0.227 e. The molecule has 2 N–H and O–H groups in total. The molecule has 5 nitrogen and oxygen atoms in total. The van der Waals surface area contributed by atoms with Crippen LogP contribution in [0.4, 0.5) is 5.69 Å². The fourth-order valence-corrected chi connectivity index (χ4v) is 4.16. The van der Waals surface area contributed by atoms with E-state index in [-0.39, 0.29) is 5.91 Å². The van der Waals surface area contributed by atoms with Crippen LogP contribution < -0.4 is 10.2 Å². The molecule has 23 heavy (non-hydrogen) atoms. The summed E-state index contributed by atoms with van der Waals surface area (Å²) >= 11 is 0. The van der Waals surface area contributed by atoms with Crippen molar-refractivity contribution >= 4 is 21.3 Å². The average molecular weight is 335 g/mol. The van der Waals surface area contributed by atoms with E-state index >= 15 is 0 Å². The Morgan fingerprint density at radius 3 is 2.83 bits per heavy atom. The zero-order chi connectivity index (χ0) is 16.4. The van der Waals surface area contributed by atoms with Gasteiger partial charge in [0.25, 0.3) is 0 Å². The van der Waals surface area contributed by atoms with E-state index < -0.39 is 9.73 Å². The van der Waals surface area contributed by atoms with Crippen molar-refractivity contribution in [2.24, 2.45) is 5.92 Å². The number of fused-ring (bicyclic) bond motifs is 1. The number of carbonyl (C=O) groups excluding carboxylic acids is 1. The van der Waals surface area contributed by atoms with Gasteiger partial charge in [-0.3, -0.25) is 4.79 Å². The van der Waals surface area contributed by atoms with Gasteiger partial charge in [0.2, 0.25) is 5.91 Å². The van der Waals surface area contributed by atoms with Crippen molar-refractivity contribution in [3.8, 4) is 0 Å². The Bertz CT molecular complexity index is 694. The molecular weight excluding hydrogens is 310 g/mol. The third-order valence-corrected chi connectivity index (χ3v) is 6.08. The number of amides is 1. The molecule has 126 valence electrons. The molecule has 1 unspecified atom stereocenters. The number of hydrogen-bond acceptors (Lipinski definition) is 4. The Kier molecular flexibility index (Phi) is 4.73. The van der Waals surface area contributed by atoms with Gasteiger partial charge in [-0.15, -0.1) is 0 Å². The van der Waals surface area contributed by atoms with E-state index in [0.29, 0.717) is 23.8 Å². The molecule has 2 aliphatic heterocycles. The second kappa shape index (κ2) is 6.61. The first kappa shape index (κ1) is 16.5. The number of piperidine rings is 1. The van der Waals surface area contributed by atoms with Crippen molar-refractivity contribution in [3.63, 3.8) is 0 Å². The van der Waals surface area contributed by atoms with Crippen LogP contribution in [0.3, 0.4) is 0 Å². The van der Waals surface area contributed by atoms with Crippen molar-refractivity contribution in [3.05, 3.63) is 23.8 Å².